The Bertz CT molecular complexity index is 316. The summed E-state index contributed by atoms with van der Waals surface area (Å²) >= 11 is 0. The Balaban J connectivity index is 2.79. The highest BCUT2D eigenvalue weighted by atomic mass is 15.1. The van der Waals surface area contributed by atoms with Gasteiger partial charge in [0.2, 0.25) is 0 Å². The van der Waals surface area contributed by atoms with Crippen LogP contribution in [0.5, 0.6) is 0 Å². The third-order valence-corrected chi connectivity index (χ3v) is 1.97. The van der Waals surface area contributed by atoms with Crippen LogP contribution >= 0.6 is 0 Å². The second kappa shape index (κ2) is 4.70. The van der Waals surface area contributed by atoms with Gasteiger partial charge in [-0.1, -0.05) is 24.3 Å². The number of rotatable bonds is 4. The summed E-state index contributed by atoms with van der Waals surface area (Å²) in [6, 6.07) is 8.26. The van der Waals surface area contributed by atoms with Crippen LogP contribution in [-0.2, 0) is 0 Å². The molecule has 0 aliphatic heterocycles. The van der Waals surface area contributed by atoms with Gasteiger partial charge in [-0.25, -0.2) is 0 Å². The van der Waals surface area contributed by atoms with Crippen LogP contribution in [0.4, 0.5) is 11.4 Å². The van der Waals surface area contributed by atoms with Crippen LogP contribution in [0.15, 0.2) is 36.4 Å². The predicted molar refractivity (Wildman–Crippen MR) is 64.1 cm³/mol. The molecule has 0 heterocycles. The number of anilines is 2. The molecule has 1 N–H and O–H groups in total. The molecule has 0 atom stereocenters. The van der Waals surface area contributed by atoms with Gasteiger partial charge in [-0.3, -0.25) is 0 Å². The zero-order valence-electron chi connectivity index (χ0n) is 9.17. The molecule has 0 aromatic heterocycles. The summed E-state index contributed by atoms with van der Waals surface area (Å²) in [6.07, 6.45) is 0. The fraction of sp³-hybridized carbons (Fsp3) is 0.333. The Labute approximate surface area is 86.2 Å². The van der Waals surface area contributed by atoms with E-state index >= 15 is 0 Å². The summed E-state index contributed by atoms with van der Waals surface area (Å²) in [5, 5.41) is 3.35. The monoisotopic (exact) mass is 190 g/mol. The lowest BCUT2D eigenvalue weighted by Gasteiger charge is -2.18. The molecule has 0 saturated carbocycles. The molecular formula is C12H18N2. The maximum Gasteiger partial charge on any atom is 0.0596 e. The molecule has 14 heavy (non-hydrogen) atoms. The second-order valence-corrected chi connectivity index (χ2v) is 3.72. The second-order valence-electron chi connectivity index (χ2n) is 3.72. The van der Waals surface area contributed by atoms with Crippen molar-refractivity contribution in [3.8, 4) is 0 Å². The van der Waals surface area contributed by atoms with Crippen molar-refractivity contribution >= 4 is 11.4 Å². The fourth-order valence-corrected chi connectivity index (χ4v) is 1.26. The van der Waals surface area contributed by atoms with Gasteiger partial charge in [-0.05, 0) is 19.1 Å². The van der Waals surface area contributed by atoms with Crippen molar-refractivity contribution in [2.75, 3.05) is 30.9 Å². The average Bonchev–Trinajstić information content (AvgIpc) is 2.15. The van der Waals surface area contributed by atoms with E-state index in [2.05, 4.69) is 28.9 Å². The Hall–Kier alpha value is -1.44. The number of nitrogens with one attached hydrogen (secondary N) is 1. The van der Waals surface area contributed by atoms with Crippen LogP contribution in [0.25, 0.3) is 0 Å². The van der Waals surface area contributed by atoms with Crippen molar-refractivity contribution in [1.29, 1.82) is 0 Å². The minimum atomic E-state index is 0.824. The maximum absolute atomic E-state index is 3.87. The average molecular weight is 190 g/mol. The minimum Gasteiger partial charge on any atom is -0.380 e. The topological polar surface area (TPSA) is 15.3 Å². The van der Waals surface area contributed by atoms with E-state index in [9.17, 15) is 0 Å². The Morgan fingerprint density at radius 2 is 2.00 bits per heavy atom. The molecule has 0 saturated heterocycles. The van der Waals surface area contributed by atoms with Crippen LogP contribution < -0.4 is 10.2 Å². The summed E-state index contributed by atoms with van der Waals surface area (Å²) in [6.45, 7) is 6.71. The summed E-state index contributed by atoms with van der Waals surface area (Å²) < 4.78 is 0. The molecule has 0 amide bonds. The van der Waals surface area contributed by atoms with Crippen molar-refractivity contribution in [3.63, 3.8) is 0 Å². The molecule has 0 spiro atoms. The molecule has 0 radical (unpaired) electrons. The summed E-state index contributed by atoms with van der Waals surface area (Å²) in [7, 11) is 4.09. The Morgan fingerprint density at radius 3 is 2.57 bits per heavy atom. The fourth-order valence-electron chi connectivity index (χ4n) is 1.26. The van der Waals surface area contributed by atoms with E-state index in [1.54, 1.807) is 0 Å². The number of para-hydroxylation sites is 2. The Kier molecular flexibility index (Phi) is 3.57. The highest BCUT2D eigenvalue weighted by Gasteiger charge is 2.01. The number of hydrogen-bond donors (Lipinski definition) is 1. The van der Waals surface area contributed by atoms with Crippen LogP contribution in [0, 0.1) is 0 Å². The molecule has 76 valence electrons. The van der Waals surface area contributed by atoms with E-state index in [-0.39, 0.29) is 0 Å². The molecule has 0 fully saturated rings. The number of benzene rings is 1. The van der Waals surface area contributed by atoms with Gasteiger partial charge < -0.3 is 10.2 Å². The van der Waals surface area contributed by atoms with Crippen LogP contribution in [0.2, 0.25) is 0 Å². The van der Waals surface area contributed by atoms with E-state index < -0.39 is 0 Å². The van der Waals surface area contributed by atoms with Gasteiger partial charge in [0.15, 0.2) is 0 Å². The van der Waals surface area contributed by atoms with Gasteiger partial charge in [0.25, 0.3) is 0 Å². The molecule has 2 nitrogen and oxygen atoms in total. The smallest absolute Gasteiger partial charge is 0.0596 e. The molecular weight excluding hydrogens is 172 g/mol. The zero-order valence-corrected chi connectivity index (χ0v) is 9.17. The van der Waals surface area contributed by atoms with E-state index in [4.69, 9.17) is 0 Å². The quantitative estimate of drug-likeness (QED) is 0.734. The lowest BCUT2D eigenvalue weighted by molar-refractivity contribution is 1.12. The normalized spacial score (nSPS) is 9.64. The number of nitrogens with zero attached hydrogens (tertiary/aromatic N) is 1. The minimum absolute atomic E-state index is 0.824. The molecule has 0 aliphatic carbocycles. The van der Waals surface area contributed by atoms with Crippen molar-refractivity contribution in [1.82, 2.24) is 0 Å². The molecule has 0 aliphatic rings. The first kappa shape index (κ1) is 10.6. The van der Waals surface area contributed by atoms with Gasteiger partial charge in [0.1, 0.15) is 0 Å². The predicted octanol–water partition coefficient (Wildman–Crippen LogP) is 2.74. The van der Waals surface area contributed by atoms with E-state index in [0.29, 0.717) is 0 Å². The SMILES string of the molecule is C=C(C)CNc1ccccc1N(C)C. The lowest BCUT2D eigenvalue weighted by Crippen LogP contribution is -2.12. The van der Waals surface area contributed by atoms with Crippen molar-refractivity contribution in [2.24, 2.45) is 0 Å². The Morgan fingerprint density at radius 1 is 1.36 bits per heavy atom. The third kappa shape index (κ3) is 2.80. The van der Waals surface area contributed by atoms with Gasteiger partial charge in [0.05, 0.1) is 11.4 Å². The molecule has 1 aromatic rings. The van der Waals surface area contributed by atoms with Crippen molar-refractivity contribution in [2.45, 2.75) is 6.92 Å². The highest BCUT2D eigenvalue weighted by Crippen LogP contribution is 2.23. The first-order chi connectivity index (χ1) is 6.61. The third-order valence-electron chi connectivity index (χ3n) is 1.97. The van der Waals surface area contributed by atoms with Gasteiger partial charge in [-0.2, -0.15) is 0 Å². The van der Waals surface area contributed by atoms with Crippen LogP contribution in [-0.4, -0.2) is 20.6 Å². The summed E-state index contributed by atoms with van der Waals surface area (Å²) in [4.78, 5) is 2.10. The van der Waals surface area contributed by atoms with Crippen LogP contribution in [0.3, 0.4) is 0 Å². The summed E-state index contributed by atoms with van der Waals surface area (Å²) in [5.74, 6) is 0. The first-order valence-corrected chi connectivity index (χ1v) is 4.76. The first-order valence-electron chi connectivity index (χ1n) is 4.76. The summed E-state index contributed by atoms with van der Waals surface area (Å²) in [5.41, 5.74) is 3.49. The standard InChI is InChI=1S/C12H18N2/c1-10(2)9-13-11-7-5-6-8-12(11)14(3)4/h5-8,13H,1,9H2,2-4H3. The molecule has 1 aromatic carbocycles. The molecule has 1 rings (SSSR count). The lowest BCUT2D eigenvalue weighted by atomic mass is 10.2. The number of hydrogen-bond acceptors (Lipinski definition) is 2. The largest absolute Gasteiger partial charge is 0.380 e. The van der Waals surface area contributed by atoms with E-state index in [1.165, 1.54) is 5.69 Å². The highest BCUT2D eigenvalue weighted by molar-refractivity contribution is 5.69. The molecule has 2 heteroatoms. The molecule has 0 bridgehead atoms. The van der Waals surface area contributed by atoms with E-state index in [0.717, 1.165) is 17.8 Å². The van der Waals surface area contributed by atoms with Crippen molar-refractivity contribution in [3.05, 3.63) is 36.4 Å². The van der Waals surface area contributed by atoms with Gasteiger partial charge in [0, 0.05) is 20.6 Å². The van der Waals surface area contributed by atoms with Crippen molar-refractivity contribution < 1.29 is 0 Å². The maximum atomic E-state index is 3.87. The van der Waals surface area contributed by atoms with Gasteiger partial charge >= 0.3 is 0 Å². The molecule has 0 unspecified atom stereocenters. The van der Waals surface area contributed by atoms with Crippen LogP contribution in [0.1, 0.15) is 6.92 Å². The van der Waals surface area contributed by atoms with E-state index in [1.807, 2.05) is 33.2 Å². The zero-order chi connectivity index (χ0) is 10.6. The van der Waals surface area contributed by atoms with Gasteiger partial charge in [-0.15, -0.1) is 0 Å².